The van der Waals surface area contributed by atoms with Crippen LogP contribution < -0.4 is 5.32 Å². The van der Waals surface area contributed by atoms with E-state index in [1.807, 2.05) is 22.6 Å². The van der Waals surface area contributed by atoms with Crippen molar-refractivity contribution >= 4 is 11.8 Å². The van der Waals surface area contributed by atoms with Crippen LogP contribution in [-0.2, 0) is 16.8 Å². The summed E-state index contributed by atoms with van der Waals surface area (Å²) < 4.78 is 1.81. The number of hydrogen-bond donors (Lipinski definition) is 1. The number of fused-ring (bicyclic) bond motifs is 1. The fourth-order valence-electron chi connectivity index (χ4n) is 5.82. The maximum Gasteiger partial charge on any atom is 0.273 e. The minimum Gasteiger partial charge on any atom is -0.351 e. The van der Waals surface area contributed by atoms with E-state index in [0.29, 0.717) is 12.2 Å². The number of nitrogens with one attached hydrogen (secondary N) is 1. The summed E-state index contributed by atoms with van der Waals surface area (Å²) in [4.78, 5) is 29.7. The van der Waals surface area contributed by atoms with E-state index in [-0.39, 0.29) is 29.3 Å². The van der Waals surface area contributed by atoms with Gasteiger partial charge in [0.2, 0.25) is 5.91 Å². The van der Waals surface area contributed by atoms with E-state index >= 15 is 0 Å². The Bertz CT molecular complexity index is 823. The average molecular weight is 443 g/mol. The lowest BCUT2D eigenvalue weighted by Gasteiger charge is -2.47. The van der Waals surface area contributed by atoms with E-state index in [4.69, 9.17) is 5.10 Å². The molecule has 0 saturated heterocycles. The SMILES string of the molecule is CC(C)(C)c1cc2n(n1)C[C@@](C)(C(=O)NC1CCCCCC1)N(C1CCCCCC1)C2=O. The molecule has 6 heteroatoms. The van der Waals surface area contributed by atoms with Gasteiger partial charge in [-0.2, -0.15) is 5.10 Å². The zero-order valence-corrected chi connectivity index (χ0v) is 20.6. The highest BCUT2D eigenvalue weighted by atomic mass is 16.2. The Balaban J connectivity index is 1.68. The molecular formula is C26H42N4O2. The van der Waals surface area contributed by atoms with Crippen LogP contribution in [0.1, 0.15) is 121 Å². The van der Waals surface area contributed by atoms with E-state index < -0.39 is 5.54 Å². The summed E-state index contributed by atoms with van der Waals surface area (Å²) in [6.07, 6.45) is 13.6. The standard InChI is InChI=1S/C26H42N4O2/c1-25(2,3)22-17-21-23(31)30(20-15-11-7-8-12-16-20)26(4,18-29(21)28-22)24(32)27-19-13-9-5-6-10-14-19/h17,19-20H,5-16,18H2,1-4H3,(H,27,32)/t26-/m0/s1. The van der Waals surface area contributed by atoms with Gasteiger partial charge in [0.1, 0.15) is 11.2 Å². The largest absolute Gasteiger partial charge is 0.351 e. The third-order valence-corrected chi connectivity index (χ3v) is 7.85. The molecule has 1 atom stereocenters. The molecule has 1 aliphatic heterocycles. The summed E-state index contributed by atoms with van der Waals surface area (Å²) >= 11 is 0. The lowest BCUT2D eigenvalue weighted by atomic mass is 9.89. The Hall–Kier alpha value is -1.85. The highest BCUT2D eigenvalue weighted by molar-refractivity contribution is 6.00. The van der Waals surface area contributed by atoms with Crippen LogP contribution in [0.15, 0.2) is 6.07 Å². The molecule has 1 aromatic heterocycles. The molecule has 3 aliphatic rings. The average Bonchev–Trinajstić information content (AvgIpc) is 2.89. The normalized spacial score (nSPS) is 26.4. The topological polar surface area (TPSA) is 67.2 Å². The molecule has 0 unspecified atom stereocenters. The van der Waals surface area contributed by atoms with Gasteiger partial charge in [0.15, 0.2) is 0 Å². The van der Waals surface area contributed by atoms with Crippen LogP contribution in [0.2, 0.25) is 0 Å². The summed E-state index contributed by atoms with van der Waals surface area (Å²) in [5.74, 6) is -0.0230. The molecule has 0 radical (unpaired) electrons. The van der Waals surface area contributed by atoms with Crippen LogP contribution in [0.25, 0.3) is 0 Å². The van der Waals surface area contributed by atoms with Gasteiger partial charge in [0.25, 0.3) is 5.91 Å². The van der Waals surface area contributed by atoms with Crippen molar-refractivity contribution in [2.75, 3.05) is 0 Å². The monoisotopic (exact) mass is 442 g/mol. The second-order valence-corrected chi connectivity index (χ2v) is 11.6. The number of carbonyl (C=O) groups is 2. The fourth-order valence-corrected chi connectivity index (χ4v) is 5.82. The predicted molar refractivity (Wildman–Crippen MR) is 127 cm³/mol. The molecule has 178 valence electrons. The summed E-state index contributed by atoms with van der Waals surface area (Å²) in [5.41, 5.74) is 0.498. The molecule has 2 aliphatic carbocycles. The van der Waals surface area contributed by atoms with Gasteiger partial charge in [-0.1, -0.05) is 72.1 Å². The number of aromatic nitrogens is 2. The third-order valence-electron chi connectivity index (χ3n) is 7.85. The van der Waals surface area contributed by atoms with Crippen LogP contribution in [0, 0.1) is 0 Å². The van der Waals surface area contributed by atoms with Crippen LogP contribution in [0.5, 0.6) is 0 Å². The maximum absolute atomic E-state index is 13.9. The molecule has 1 N–H and O–H groups in total. The van der Waals surface area contributed by atoms with Crippen molar-refractivity contribution in [3.05, 3.63) is 17.5 Å². The number of carbonyl (C=O) groups excluding carboxylic acids is 2. The van der Waals surface area contributed by atoms with Crippen LogP contribution >= 0.6 is 0 Å². The molecule has 4 rings (SSSR count). The molecule has 6 nitrogen and oxygen atoms in total. The van der Waals surface area contributed by atoms with Gasteiger partial charge in [0.05, 0.1) is 12.2 Å². The van der Waals surface area contributed by atoms with Crippen molar-refractivity contribution in [1.82, 2.24) is 20.0 Å². The highest BCUT2D eigenvalue weighted by Gasteiger charge is 2.51. The number of amides is 2. The molecule has 2 saturated carbocycles. The van der Waals surface area contributed by atoms with Crippen molar-refractivity contribution in [3.63, 3.8) is 0 Å². The molecular weight excluding hydrogens is 400 g/mol. The van der Waals surface area contributed by atoms with Crippen molar-refractivity contribution < 1.29 is 9.59 Å². The van der Waals surface area contributed by atoms with Crippen LogP contribution in [0.3, 0.4) is 0 Å². The van der Waals surface area contributed by atoms with Gasteiger partial charge in [-0.3, -0.25) is 14.3 Å². The lowest BCUT2D eigenvalue weighted by molar-refractivity contribution is -0.135. The molecule has 2 amide bonds. The van der Waals surface area contributed by atoms with Gasteiger partial charge in [-0.05, 0) is 38.7 Å². The minimum absolute atomic E-state index is 0.000422. The molecule has 2 heterocycles. The molecule has 1 aromatic rings. The van der Waals surface area contributed by atoms with E-state index in [1.54, 1.807) is 0 Å². The lowest BCUT2D eigenvalue weighted by Crippen LogP contribution is -2.67. The Labute approximate surface area is 193 Å². The Morgan fingerprint density at radius 3 is 2.12 bits per heavy atom. The van der Waals surface area contributed by atoms with Gasteiger partial charge in [-0.25, -0.2) is 0 Å². The zero-order chi connectivity index (χ0) is 22.9. The second-order valence-electron chi connectivity index (χ2n) is 11.6. The van der Waals surface area contributed by atoms with Crippen LogP contribution in [-0.4, -0.2) is 44.1 Å². The van der Waals surface area contributed by atoms with Crippen molar-refractivity contribution in [2.45, 2.75) is 134 Å². The zero-order valence-electron chi connectivity index (χ0n) is 20.6. The predicted octanol–water partition coefficient (Wildman–Crippen LogP) is 4.96. The van der Waals surface area contributed by atoms with Gasteiger partial charge in [0, 0.05) is 17.5 Å². The Morgan fingerprint density at radius 1 is 1.00 bits per heavy atom. The maximum atomic E-state index is 13.9. The van der Waals surface area contributed by atoms with Crippen molar-refractivity contribution in [1.29, 1.82) is 0 Å². The Morgan fingerprint density at radius 2 is 1.56 bits per heavy atom. The minimum atomic E-state index is -0.910. The molecule has 0 bridgehead atoms. The third kappa shape index (κ3) is 4.60. The fraction of sp³-hybridized carbons (Fsp3) is 0.808. The van der Waals surface area contributed by atoms with Gasteiger partial charge in [-0.15, -0.1) is 0 Å². The first-order valence-corrected chi connectivity index (χ1v) is 12.9. The van der Waals surface area contributed by atoms with Crippen molar-refractivity contribution in [2.24, 2.45) is 0 Å². The van der Waals surface area contributed by atoms with Gasteiger partial charge < -0.3 is 10.2 Å². The van der Waals surface area contributed by atoms with Crippen molar-refractivity contribution in [3.8, 4) is 0 Å². The summed E-state index contributed by atoms with van der Waals surface area (Å²) in [7, 11) is 0. The van der Waals surface area contributed by atoms with E-state index in [1.165, 1.54) is 38.5 Å². The van der Waals surface area contributed by atoms with E-state index in [9.17, 15) is 9.59 Å². The molecule has 0 spiro atoms. The molecule has 2 fully saturated rings. The first-order valence-electron chi connectivity index (χ1n) is 12.9. The van der Waals surface area contributed by atoms with Crippen LogP contribution in [0.4, 0.5) is 0 Å². The van der Waals surface area contributed by atoms with E-state index in [2.05, 4.69) is 26.1 Å². The number of nitrogens with zero attached hydrogens (tertiary/aromatic N) is 3. The van der Waals surface area contributed by atoms with E-state index in [0.717, 1.165) is 44.2 Å². The Kier molecular flexibility index (Phi) is 6.69. The van der Waals surface area contributed by atoms with Gasteiger partial charge >= 0.3 is 0 Å². The quantitative estimate of drug-likeness (QED) is 0.673. The molecule has 0 aromatic carbocycles. The first kappa shape index (κ1) is 23.3. The number of rotatable bonds is 3. The summed E-state index contributed by atoms with van der Waals surface area (Å²) in [5, 5.41) is 8.17. The smallest absolute Gasteiger partial charge is 0.273 e. The number of hydrogen-bond acceptors (Lipinski definition) is 3. The summed E-state index contributed by atoms with van der Waals surface area (Å²) in [6.45, 7) is 8.76. The first-order chi connectivity index (χ1) is 15.2. The molecule has 32 heavy (non-hydrogen) atoms. The second kappa shape index (κ2) is 9.18. The highest BCUT2D eigenvalue weighted by Crippen LogP contribution is 2.36. The summed E-state index contributed by atoms with van der Waals surface area (Å²) in [6, 6.07) is 2.29.